The Morgan fingerprint density at radius 3 is 3.12 bits per heavy atom. The molecule has 0 bridgehead atoms. The fourth-order valence-corrected chi connectivity index (χ4v) is 3.80. The molecule has 1 N–H and O–H groups in total. The number of hydrogen-bond donors (Lipinski definition) is 1. The topological polar surface area (TPSA) is 66.7 Å². The zero-order valence-electron chi connectivity index (χ0n) is 14.2. The van der Waals surface area contributed by atoms with Gasteiger partial charge >= 0.3 is 0 Å². The number of aromatic nitrogens is 2. The predicted molar refractivity (Wildman–Crippen MR) is 95.2 cm³/mol. The molecule has 2 aromatic heterocycles. The third kappa shape index (κ3) is 4.02. The van der Waals surface area contributed by atoms with Gasteiger partial charge in [0, 0.05) is 37.3 Å². The molecule has 0 unspecified atom stereocenters. The highest BCUT2D eigenvalue weighted by molar-refractivity contribution is 7.15. The van der Waals surface area contributed by atoms with Gasteiger partial charge in [-0.15, -0.1) is 11.3 Å². The van der Waals surface area contributed by atoms with Crippen LogP contribution in [0.1, 0.15) is 32.4 Å². The van der Waals surface area contributed by atoms with E-state index < -0.39 is 0 Å². The molecule has 130 valence electrons. The third-order valence-corrected chi connectivity index (χ3v) is 5.06. The Bertz CT molecular complexity index is 767. The van der Waals surface area contributed by atoms with Gasteiger partial charge < -0.3 is 5.32 Å². The number of thiazole rings is 1. The Hall–Kier alpha value is -1.73. The number of likely N-dealkylation sites (tertiary alicyclic amines) is 1. The van der Waals surface area contributed by atoms with Crippen LogP contribution >= 0.6 is 11.3 Å². The molecule has 1 amide bonds. The Kier molecular flexibility index (Phi) is 5.30. The molecular formula is C17H24N4O2S. The molecule has 0 radical (unpaired) electrons. The van der Waals surface area contributed by atoms with Crippen LogP contribution in [-0.2, 0) is 11.3 Å². The fraction of sp³-hybridized carbons (Fsp3) is 0.588. The summed E-state index contributed by atoms with van der Waals surface area (Å²) in [5, 5.41) is 4.90. The van der Waals surface area contributed by atoms with Gasteiger partial charge in [-0.05, 0) is 25.3 Å². The zero-order valence-corrected chi connectivity index (χ0v) is 15.0. The number of nitrogens with one attached hydrogen (secondary N) is 1. The summed E-state index contributed by atoms with van der Waals surface area (Å²) in [6, 6.07) is 1.60. The van der Waals surface area contributed by atoms with Crippen molar-refractivity contribution >= 4 is 22.2 Å². The lowest BCUT2D eigenvalue weighted by Crippen LogP contribution is -2.43. The Morgan fingerprint density at radius 2 is 2.33 bits per heavy atom. The predicted octanol–water partition coefficient (Wildman–Crippen LogP) is 1.74. The van der Waals surface area contributed by atoms with Gasteiger partial charge in [-0.2, -0.15) is 0 Å². The van der Waals surface area contributed by atoms with E-state index in [4.69, 9.17) is 0 Å². The van der Waals surface area contributed by atoms with Crippen molar-refractivity contribution in [3.8, 4) is 0 Å². The molecule has 1 atom stereocenters. The Morgan fingerprint density at radius 1 is 1.50 bits per heavy atom. The molecular weight excluding hydrogens is 324 g/mol. The normalized spacial score (nSPS) is 19.0. The van der Waals surface area contributed by atoms with E-state index in [1.54, 1.807) is 16.7 Å². The van der Waals surface area contributed by atoms with E-state index in [1.165, 1.54) is 11.3 Å². The first-order valence-corrected chi connectivity index (χ1v) is 9.36. The largest absolute Gasteiger partial charge is 0.356 e. The lowest BCUT2D eigenvalue weighted by atomic mass is 9.97. The average molecular weight is 348 g/mol. The van der Waals surface area contributed by atoms with Crippen molar-refractivity contribution in [2.24, 2.45) is 11.8 Å². The lowest BCUT2D eigenvalue weighted by Gasteiger charge is -2.31. The van der Waals surface area contributed by atoms with E-state index in [9.17, 15) is 9.59 Å². The smallest absolute Gasteiger partial charge is 0.258 e. The van der Waals surface area contributed by atoms with E-state index >= 15 is 0 Å². The van der Waals surface area contributed by atoms with Crippen LogP contribution in [-0.4, -0.2) is 39.8 Å². The number of hydrogen-bond acceptors (Lipinski definition) is 5. The lowest BCUT2D eigenvalue weighted by molar-refractivity contribution is -0.126. The second kappa shape index (κ2) is 7.44. The Balaban J connectivity index is 1.64. The summed E-state index contributed by atoms with van der Waals surface area (Å²) in [5.74, 6) is 0.641. The number of carbonyl (C=O) groups is 1. The van der Waals surface area contributed by atoms with Crippen LogP contribution < -0.4 is 10.9 Å². The van der Waals surface area contributed by atoms with Gasteiger partial charge in [0.15, 0.2) is 4.96 Å². The van der Waals surface area contributed by atoms with E-state index in [0.29, 0.717) is 12.5 Å². The van der Waals surface area contributed by atoms with Crippen molar-refractivity contribution in [1.29, 1.82) is 0 Å². The minimum absolute atomic E-state index is 0.0315. The zero-order chi connectivity index (χ0) is 17.1. The van der Waals surface area contributed by atoms with Crippen LogP contribution in [0, 0.1) is 11.8 Å². The van der Waals surface area contributed by atoms with E-state index in [-0.39, 0.29) is 17.4 Å². The molecule has 3 heterocycles. The van der Waals surface area contributed by atoms with Crippen molar-refractivity contribution < 1.29 is 4.79 Å². The van der Waals surface area contributed by atoms with Crippen LogP contribution in [0.4, 0.5) is 0 Å². The average Bonchev–Trinajstić information content (AvgIpc) is 3.02. The minimum Gasteiger partial charge on any atom is -0.356 e. The molecule has 1 aliphatic rings. The van der Waals surface area contributed by atoms with Crippen LogP contribution in [0.2, 0.25) is 0 Å². The number of rotatable bonds is 5. The summed E-state index contributed by atoms with van der Waals surface area (Å²) in [6.07, 6.45) is 3.68. The number of carbonyl (C=O) groups excluding carboxylic acids is 1. The van der Waals surface area contributed by atoms with Gasteiger partial charge in [0.25, 0.3) is 5.56 Å². The quantitative estimate of drug-likeness (QED) is 0.894. The highest BCUT2D eigenvalue weighted by Gasteiger charge is 2.26. The maximum Gasteiger partial charge on any atom is 0.258 e. The van der Waals surface area contributed by atoms with Crippen molar-refractivity contribution in [3.63, 3.8) is 0 Å². The fourth-order valence-electron chi connectivity index (χ4n) is 3.06. The molecule has 0 aliphatic carbocycles. The molecule has 7 heteroatoms. The van der Waals surface area contributed by atoms with Gasteiger partial charge in [-0.3, -0.25) is 18.9 Å². The standard InChI is InChI=1S/C17H24N4O2S/c1-12(2)9-18-16(23)13-4-3-5-20(10-13)11-14-8-15(22)21-6-7-24-17(21)19-14/h6-8,12-13H,3-5,9-11H2,1-2H3,(H,18,23)/t13-/m1/s1. The van der Waals surface area contributed by atoms with Crippen molar-refractivity contribution in [2.75, 3.05) is 19.6 Å². The number of nitrogens with zero attached hydrogens (tertiary/aromatic N) is 3. The maximum atomic E-state index is 12.3. The summed E-state index contributed by atoms with van der Waals surface area (Å²) in [5.41, 5.74) is 0.741. The molecule has 0 aromatic carbocycles. The van der Waals surface area contributed by atoms with Gasteiger partial charge in [0.1, 0.15) is 0 Å². The summed E-state index contributed by atoms with van der Waals surface area (Å²) < 4.78 is 1.56. The molecule has 2 aromatic rings. The van der Waals surface area contributed by atoms with Crippen LogP contribution in [0.25, 0.3) is 4.96 Å². The minimum atomic E-state index is -0.0421. The molecule has 1 aliphatic heterocycles. The second-order valence-corrected chi connectivity index (χ2v) is 7.73. The number of piperidine rings is 1. The molecule has 0 saturated carbocycles. The SMILES string of the molecule is CC(C)CNC(=O)[C@@H]1CCCN(Cc2cc(=O)n3ccsc3n2)C1. The van der Waals surface area contributed by atoms with Gasteiger partial charge in [0.05, 0.1) is 11.6 Å². The van der Waals surface area contributed by atoms with Gasteiger partial charge in [0.2, 0.25) is 5.91 Å². The molecule has 1 fully saturated rings. The maximum absolute atomic E-state index is 12.3. The van der Waals surface area contributed by atoms with Gasteiger partial charge in [-0.1, -0.05) is 13.8 Å². The van der Waals surface area contributed by atoms with Crippen LogP contribution in [0.15, 0.2) is 22.4 Å². The molecule has 24 heavy (non-hydrogen) atoms. The van der Waals surface area contributed by atoms with E-state index in [0.717, 1.165) is 43.1 Å². The Labute approximate surface area is 145 Å². The number of amides is 1. The first kappa shape index (κ1) is 17.1. The van der Waals surface area contributed by atoms with Gasteiger partial charge in [-0.25, -0.2) is 4.98 Å². The number of fused-ring (bicyclic) bond motifs is 1. The summed E-state index contributed by atoms with van der Waals surface area (Å²) >= 11 is 1.46. The van der Waals surface area contributed by atoms with E-state index in [2.05, 4.69) is 29.0 Å². The second-order valence-electron chi connectivity index (χ2n) is 6.85. The van der Waals surface area contributed by atoms with Crippen molar-refractivity contribution in [1.82, 2.24) is 19.6 Å². The highest BCUT2D eigenvalue weighted by Crippen LogP contribution is 2.18. The molecule has 0 spiro atoms. The first-order valence-electron chi connectivity index (χ1n) is 8.49. The molecule has 3 rings (SSSR count). The molecule has 1 saturated heterocycles. The summed E-state index contributed by atoms with van der Waals surface area (Å²) in [7, 11) is 0. The molecule has 6 nitrogen and oxygen atoms in total. The first-order chi connectivity index (χ1) is 11.5. The van der Waals surface area contributed by atoms with Crippen LogP contribution in [0.5, 0.6) is 0 Å². The van der Waals surface area contributed by atoms with Crippen molar-refractivity contribution in [2.45, 2.75) is 33.2 Å². The van der Waals surface area contributed by atoms with Crippen LogP contribution in [0.3, 0.4) is 0 Å². The van der Waals surface area contributed by atoms with Crippen molar-refractivity contribution in [3.05, 3.63) is 33.7 Å². The summed E-state index contributed by atoms with van der Waals surface area (Å²) in [4.78, 5) is 31.9. The highest BCUT2D eigenvalue weighted by atomic mass is 32.1. The monoisotopic (exact) mass is 348 g/mol. The third-order valence-electron chi connectivity index (χ3n) is 4.30. The van der Waals surface area contributed by atoms with E-state index in [1.807, 2.05) is 5.38 Å². The summed E-state index contributed by atoms with van der Waals surface area (Å²) in [6.45, 7) is 7.21.